The molecule has 1 atom stereocenters. The summed E-state index contributed by atoms with van der Waals surface area (Å²) < 4.78 is 10.9. The Hall–Kier alpha value is -2.26. The van der Waals surface area contributed by atoms with Gasteiger partial charge in [-0.15, -0.1) is 24.8 Å². The van der Waals surface area contributed by atoms with Crippen LogP contribution in [-0.2, 0) is 0 Å². The average Bonchev–Trinajstić information content (AvgIpc) is 2.73. The molecular weight excluding hydrogens is 433 g/mol. The quantitative estimate of drug-likeness (QED) is 0.479. The molecule has 8 nitrogen and oxygen atoms in total. The molecule has 1 fully saturated rings. The highest BCUT2D eigenvalue weighted by Gasteiger charge is 2.22. The summed E-state index contributed by atoms with van der Waals surface area (Å²) in [4.78, 5) is 15.0. The van der Waals surface area contributed by atoms with Crippen molar-refractivity contribution in [3.8, 4) is 11.5 Å². The Morgan fingerprint density at radius 1 is 1.03 bits per heavy atom. The summed E-state index contributed by atoms with van der Waals surface area (Å²) in [5.41, 5.74) is 0.977. The number of para-hydroxylation sites is 4. The molecule has 3 rings (SSSR count). The third-order valence-electron chi connectivity index (χ3n) is 4.76. The first kappa shape index (κ1) is 25.8. The van der Waals surface area contributed by atoms with Crippen LogP contribution in [0.4, 0.5) is 11.4 Å². The van der Waals surface area contributed by atoms with Crippen molar-refractivity contribution in [3.05, 3.63) is 58.6 Å². The largest absolute Gasteiger partial charge is 0.495 e. The molecule has 0 bridgehead atoms. The van der Waals surface area contributed by atoms with E-state index in [1.165, 1.54) is 12.1 Å². The van der Waals surface area contributed by atoms with Crippen LogP contribution in [0.1, 0.15) is 0 Å². The van der Waals surface area contributed by atoms with Crippen molar-refractivity contribution in [2.24, 2.45) is 0 Å². The van der Waals surface area contributed by atoms with E-state index in [9.17, 15) is 15.2 Å². The Labute approximate surface area is 188 Å². The molecule has 1 aliphatic rings. The van der Waals surface area contributed by atoms with E-state index in [-0.39, 0.29) is 42.9 Å². The van der Waals surface area contributed by atoms with Crippen LogP contribution in [0.3, 0.4) is 0 Å². The van der Waals surface area contributed by atoms with Gasteiger partial charge in [0.05, 0.1) is 17.7 Å². The summed E-state index contributed by atoms with van der Waals surface area (Å²) in [6.45, 7) is 3.75. The Morgan fingerprint density at radius 2 is 1.63 bits per heavy atom. The van der Waals surface area contributed by atoms with E-state index in [1.54, 1.807) is 19.2 Å². The maximum absolute atomic E-state index is 11.0. The number of ether oxygens (including phenoxy) is 2. The van der Waals surface area contributed by atoms with Crippen molar-refractivity contribution < 1.29 is 19.5 Å². The lowest BCUT2D eigenvalue weighted by Gasteiger charge is -2.37. The summed E-state index contributed by atoms with van der Waals surface area (Å²) >= 11 is 0. The number of nitrogens with zero attached hydrogens (tertiary/aromatic N) is 3. The molecular formula is C20H27Cl2N3O5. The van der Waals surface area contributed by atoms with Gasteiger partial charge < -0.3 is 19.5 Å². The molecule has 10 heteroatoms. The van der Waals surface area contributed by atoms with Gasteiger partial charge in [0.25, 0.3) is 0 Å². The molecule has 0 radical (unpaired) electrons. The van der Waals surface area contributed by atoms with Gasteiger partial charge in [-0.1, -0.05) is 24.3 Å². The van der Waals surface area contributed by atoms with Crippen LogP contribution in [0.25, 0.3) is 0 Å². The highest BCUT2D eigenvalue weighted by atomic mass is 35.5. The monoisotopic (exact) mass is 459 g/mol. The maximum atomic E-state index is 11.0. The summed E-state index contributed by atoms with van der Waals surface area (Å²) in [6.07, 6.45) is -0.724. The number of hydrogen-bond donors (Lipinski definition) is 1. The number of β-amino-alcohol motifs (C(OH)–C–C–N with tert-alkyl or cyclic N) is 1. The molecule has 1 unspecified atom stereocenters. The fourth-order valence-corrected chi connectivity index (χ4v) is 3.33. The van der Waals surface area contributed by atoms with Gasteiger partial charge in [-0.2, -0.15) is 0 Å². The molecule has 1 aliphatic heterocycles. The summed E-state index contributed by atoms with van der Waals surface area (Å²) in [5, 5.41) is 21.3. The van der Waals surface area contributed by atoms with Gasteiger partial charge >= 0.3 is 5.69 Å². The van der Waals surface area contributed by atoms with Crippen molar-refractivity contribution in [2.45, 2.75) is 6.10 Å². The topological polar surface area (TPSA) is 88.3 Å². The van der Waals surface area contributed by atoms with Gasteiger partial charge in [0.15, 0.2) is 5.75 Å². The Balaban J connectivity index is 0.00000225. The van der Waals surface area contributed by atoms with Crippen molar-refractivity contribution in [3.63, 3.8) is 0 Å². The van der Waals surface area contributed by atoms with Crippen molar-refractivity contribution in [2.75, 3.05) is 51.3 Å². The van der Waals surface area contributed by atoms with E-state index in [0.717, 1.165) is 37.6 Å². The predicted molar refractivity (Wildman–Crippen MR) is 121 cm³/mol. The van der Waals surface area contributed by atoms with Crippen LogP contribution in [0.15, 0.2) is 48.5 Å². The highest BCUT2D eigenvalue weighted by Crippen LogP contribution is 2.28. The zero-order valence-electron chi connectivity index (χ0n) is 16.7. The first-order chi connectivity index (χ1) is 13.6. The van der Waals surface area contributed by atoms with Crippen molar-refractivity contribution in [1.82, 2.24) is 4.90 Å². The molecule has 2 aromatic rings. The van der Waals surface area contributed by atoms with Gasteiger partial charge in [0.2, 0.25) is 0 Å². The minimum absolute atomic E-state index is 0. The van der Waals surface area contributed by atoms with Gasteiger partial charge in [-0.05, 0) is 18.2 Å². The van der Waals surface area contributed by atoms with E-state index in [0.29, 0.717) is 6.54 Å². The van der Waals surface area contributed by atoms with Crippen LogP contribution >= 0.6 is 24.8 Å². The van der Waals surface area contributed by atoms with Crippen LogP contribution in [0.5, 0.6) is 11.5 Å². The number of hydrogen-bond acceptors (Lipinski definition) is 7. The van der Waals surface area contributed by atoms with E-state index in [1.807, 2.05) is 24.3 Å². The highest BCUT2D eigenvalue weighted by molar-refractivity contribution is 5.85. The molecule has 2 aromatic carbocycles. The number of anilines is 1. The number of nitro benzene ring substituents is 1. The second-order valence-corrected chi connectivity index (χ2v) is 6.65. The summed E-state index contributed by atoms with van der Waals surface area (Å²) in [7, 11) is 1.67. The normalized spacial score (nSPS) is 14.8. The number of aliphatic hydroxyl groups excluding tert-OH is 1. The van der Waals surface area contributed by atoms with Gasteiger partial charge in [-0.3, -0.25) is 15.0 Å². The number of nitro groups is 1. The second-order valence-electron chi connectivity index (χ2n) is 6.65. The molecule has 0 saturated carbocycles. The Bertz CT molecular complexity index is 804. The molecule has 30 heavy (non-hydrogen) atoms. The number of rotatable bonds is 8. The molecule has 0 amide bonds. The van der Waals surface area contributed by atoms with E-state index in [4.69, 9.17) is 9.47 Å². The average molecular weight is 460 g/mol. The second kappa shape index (κ2) is 12.4. The van der Waals surface area contributed by atoms with Gasteiger partial charge in [-0.25, -0.2) is 0 Å². The molecule has 0 aromatic heterocycles. The standard InChI is InChI=1S/C20H25N3O5.2ClH/c1-27-19-8-4-2-6-17(19)22-12-10-21(11-13-22)14-16(24)15-28-20-9-5-3-7-18(20)23(25)26;;/h2-9,16,24H,10-15H2,1H3;2*1H. The molecule has 0 aliphatic carbocycles. The lowest BCUT2D eigenvalue weighted by Crippen LogP contribution is -2.49. The van der Waals surface area contributed by atoms with Crippen molar-refractivity contribution >= 4 is 36.2 Å². The molecule has 1 N–H and O–H groups in total. The van der Waals surface area contributed by atoms with Crippen LogP contribution in [0, 0.1) is 10.1 Å². The third-order valence-corrected chi connectivity index (χ3v) is 4.76. The number of piperazine rings is 1. The molecule has 1 saturated heterocycles. The fourth-order valence-electron chi connectivity index (χ4n) is 3.33. The maximum Gasteiger partial charge on any atom is 0.310 e. The van der Waals surface area contributed by atoms with Crippen LogP contribution < -0.4 is 14.4 Å². The number of halogens is 2. The van der Waals surface area contributed by atoms with Gasteiger partial charge in [0, 0.05) is 38.8 Å². The third kappa shape index (κ3) is 6.63. The Morgan fingerprint density at radius 3 is 2.27 bits per heavy atom. The minimum atomic E-state index is -0.724. The number of aliphatic hydroxyl groups is 1. The molecule has 166 valence electrons. The smallest absolute Gasteiger partial charge is 0.310 e. The van der Waals surface area contributed by atoms with E-state index >= 15 is 0 Å². The summed E-state index contributed by atoms with van der Waals surface area (Å²) in [6, 6.07) is 14.1. The zero-order valence-corrected chi connectivity index (χ0v) is 18.3. The SMILES string of the molecule is COc1ccccc1N1CCN(CC(O)COc2ccccc2[N+](=O)[O-])CC1.Cl.Cl. The number of benzene rings is 2. The van der Waals surface area contributed by atoms with Gasteiger partial charge in [0.1, 0.15) is 18.5 Å². The van der Waals surface area contributed by atoms with Crippen molar-refractivity contribution in [1.29, 1.82) is 0 Å². The van der Waals surface area contributed by atoms with E-state index in [2.05, 4.69) is 9.80 Å². The predicted octanol–water partition coefficient (Wildman–Crippen LogP) is 3.01. The first-order valence-corrected chi connectivity index (χ1v) is 9.23. The molecule has 1 heterocycles. The first-order valence-electron chi connectivity index (χ1n) is 9.23. The minimum Gasteiger partial charge on any atom is -0.495 e. The Kier molecular flexibility index (Phi) is 10.7. The molecule has 0 spiro atoms. The lowest BCUT2D eigenvalue weighted by atomic mass is 10.2. The summed E-state index contributed by atoms with van der Waals surface area (Å²) in [5.74, 6) is 1.03. The lowest BCUT2D eigenvalue weighted by molar-refractivity contribution is -0.385. The van der Waals surface area contributed by atoms with Crippen LogP contribution in [-0.4, -0.2) is 67.5 Å². The zero-order chi connectivity index (χ0) is 19.9. The van der Waals surface area contributed by atoms with E-state index < -0.39 is 11.0 Å². The number of methoxy groups -OCH3 is 1. The van der Waals surface area contributed by atoms with Crippen LogP contribution in [0.2, 0.25) is 0 Å². The fraction of sp³-hybridized carbons (Fsp3) is 0.400.